The smallest absolute Gasteiger partial charge is 0.223 e. The van der Waals surface area contributed by atoms with Crippen LogP contribution in [0.15, 0.2) is 48.7 Å². The molecule has 1 heterocycles. The summed E-state index contributed by atoms with van der Waals surface area (Å²) in [5.74, 6) is -0.258. The van der Waals surface area contributed by atoms with Crippen LogP contribution in [0.2, 0.25) is 10.0 Å². The van der Waals surface area contributed by atoms with E-state index in [1.54, 1.807) is 29.3 Å². The molecule has 2 aromatic rings. The molecule has 3 rings (SSSR count). The number of carbonyl (C=O) groups excluding carboxylic acids is 2. The van der Waals surface area contributed by atoms with Gasteiger partial charge in [0.05, 0.1) is 12.5 Å². The highest BCUT2D eigenvalue weighted by Crippen LogP contribution is 2.32. The number of rotatable bonds is 4. The van der Waals surface area contributed by atoms with E-state index in [2.05, 4.69) is 5.32 Å². The second kappa shape index (κ2) is 7.94. The first kappa shape index (κ1) is 18.5. The average molecular weight is 389 g/mol. The first-order valence-electron chi connectivity index (χ1n) is 8.22. The fraction of sp³-hybridized carbons (Fsp3) is 0.200. The van der Waals surface area contributed by atoms with Crippen molar-refractivity contribution in [1.82, 2.24) is 10.2 Å². The Kier molecular flexibility index (Phi) is 5.64. The van der Waals surface area contributed by atoms with Crippen molar-refractivity contribution < 1.29 is 9.59 Å². The van der Waals surface area contributed by atoms with Crippen LogP contribution in [-0.4, -0.2) is 16.7 Å². The Balaban J connectivity index is 1.72. The summed E-state index contributed by atoms with van der Waals surface area (Å²) >= 11 is 12.0. The van der Waals surface area contributed by atoms with Crippen molar-refractivity contribution in [3.8, 4) is 0 Å². The number of amides is 2. The van der Waals surface area contributed by atoms with E-state index >= 15 is 0 Å². The predicted molar refractivity (Wildman–Crippen MR) is 104 cm³/mol. The van der Waals surface area contributed by atoms with Gasteiger partial charge in [-0.3, -0.25) is 9.59 Å². The lowest BCUT2D eigenvalue weighted by Gasteiger charge is -2.32. The minimum Gasteiger partial charge on any atom is -0.352 e. The molecule has 0 spiro atoms. The van der Waals surface area contributed by atoms with Crippen LogP contribution in [0, 0.1) is 0 Å². The van der Waals surface area contributed by atoms with E-state index in [4.69, 9.17) is 23.2 Å². The molecule has 0 fully saturated rings. The van der Waals surface area contributed by atoms with Crippen molar-refractivity contribution in [3.63, 3.8) is 0 Å². The van der Waals surface area contributed by atoms with Gasteiger partial charge in [0.25, 0.3) is 0 Å². The molecule has 0 aliphatic carbocycles. The third-order valence-corrected chi connectivity index (χ3v) is 4.93. The number of hydrogen-bond donors (Lipinski definition) is 1. The summed E-state index contributed by atoms with van der Waals surface area (Å²) in [5.41, 5.74) is 2.77. The molecule has 0 saturated carbocycles. The summed E-state index contributed by atoms with van der Waals surface area (Å²) in [7, 11) is 0. The molecule has 1 N–H and O–H groups in total. The summed E-state index contributed by atoms with van der Waals surface area (Å²) in [4.78, 5) is 26.1. The molecular formula is C20H18Cl2N2O2. The van der Waals surface area contributed by atoms with E-state index in [1.165, 1.54) is 6.92 Å². The second-order valence-electron chi connectivity index (χ2n) is 6.10. The lowest BCUT2D eigenvalue weighted by atomic mass is 9.93. The number of nitrogens with one attached hydrogen (secondary N) is 1. The number of halogens is 2. The molecule has 2 aromatic carbocycles. The zero-order valence-electron chi connectivity index (χ0n) is 14.2. The molecule has 4 nitrogen and oxygen atoms in total. The molecule has 0 saturated heterocycles. The van der Waals surface area contributed by atoms with Gasteiger partial charge < -0.3 is 10.2 Å². The first-order valence-corrected chi connectivity index (χ1v) is 8.98. The summed E-state index contributed by atoms with van der Waals surface area (Å²) in [6.07, 6.45) is 3.80. The van der Waals surface area contributed by atoms with E-state index in [0.717, 1.165) is 16.7 Å². The van der Waals surface area contributed by atoms with Crippen molar-refractivity contribution in [2.45, 2.75) is 25.9 Å². The minimum atomic E-state index is -0.325. The fourth-order valence-electron chi connectivity index (χ4n) is 3.02. The average Bonchev–Trinajstić information content (AvgIpc) is 2.61. The van der Waals surface area contributed by atoms with E-state index < -0.39 is 0 Å². The number of carbonyl (C=O) groups is 2. The Morgan fingerprint density at radius 1 is 1.15 bits per heavy atom. The number of benzene rings is 2. The Bertz CT molecular complexity index is 880. The van der Waals surface area contributed by atoms with Crippen LogP contribution in [-0.2, 0) is 16.1 Å². The maximum atomic E-state index is 12.5. The van der Waals surface area contributed by atoms with Gasteiger partial charge >= 0.3 is 0 Å². The van der Waals surface area contributed by atoms with Crippen LogP contribution >= 0.6 is 23.2 Å². The first-order chi connectivity index (χ1) is 12.5. The van der Waals surface area contributed by atoms with Crippen LogP contribution in [0.5, 0.6) is 0 Å². The van der Waals surface area contributed by atoms with Gasteiger partial charge in [-0.15, -0.1) is 0 Å². The SMILES string of the molecule is CC(=O)N1C=Cc2ccccc2[C@@H]1CC(=O)NCc1ccc(Cl)cc1Cl. The Morgan fingerprint density at radius 3 is 2.65 bits per heavy atom. The van der Waals surface area contributed by atoms with Gasteiger partial charge in [-0.05, 0) is 34.9 Å². The van der Waals surface area contributed by atoms with Crippen LogP contribution in [0.25, 0.3) is 6.08 Å². The molecule has 0 aromatic heterocycles. The third kappa shape index (κ3) is 4.09. The summed E-state index contributed by atoms with van der Waals surface area (Å²) in [6, 6.07) is 12.6. The van der Waals surface area contributed by atoms with Crippen LogP contribution < -0.4 is 5.32 Å². The van der Waals surface area contributed by atoms with Crippen molar-refractivity contribution in [2.24, 2.45) is 0 Å². The summed E-state index contributed by atoms with van der Waals surface area (Å²) < 4.78 is 0. The standard InChI is InChI=1S/C20H18Cl2N2O2/c1-13(25)24-9-8-14-4-2-3-5-17(14)19(24)11-20(26)23-12-15-6-7-16(21)10-18(15)22/h2-10,19H,11-12H2,1H3,(H,23,26)/t19-/m0/s1. The minimum absolute atomic E-state index is 0.103. The molecule has 0 radical (unpaired) electrons. The Labute approximate surface area is 162 Å². The molecule has 1 atom stereocenters. The molecule has 0 unspecified atom stereocenters. The van der Waals surface area contributed by atoms with Crippen LogP contribution in [0.1, 0.15) is 36.1 Å². The Morgan fingerprint density at radius 2 is 1.92 bits per heavy atom. The largest absolute Gasteiger partial charge is 0.352 e. The van der Waals surface area contributed by atoms with Crippen molar-refractivity contribution in [3.05, 3.63) is 75.4 Å². The highest BCUT2D eigenvalue weighted by Gasteiger charge is 2.28. The molecule has 0 bridgehead atoms. The van der Waals surface area contributed by atoms with E-state index in [1.807, 2.05) is 30.3 Å². The maximum absolute atomic E-state index is 12.5. The van der Waals surface area contributed by atoms with Gasteiger partial charge in [-0.2, -0.15) is 0 Å². The van der Waals surface area contributed by atoms with E-state index in [-0.39, 0.29) is 24.3 Å². The highest BCUT2D eigenvalue weighted by molar-refractivity contribution is 6.35. The van der Waals surface area contributed by atoms with Crippen molar-refractivity contribution in [1.29, 1.82) is 0 Å². The number of hydrogen-bond acceptors (Lipinski definition) is 2. The zero-order valence-corrected chi connectivity index (χ0v) is 15.7. The molecule has 2 amide bonds. The van der Waals surface area contributed by atoms with Crippen LogP contribution in [0.3, 0.4) is 0 Å². The van der Waals surface area contributed by atoms with Gasteiger partial charge in [-0.25, -0.2) is 0 Å². The van der Waals surface area contributed by atoms with Crippen molar-refractivity contribution >= 4 is 41.1 Å². The van der Waals surface area contributed by atoms with Gasteiger partial charge in [-0.1, -0.05) is 53.5 Å². The molecule has 1 aliphatic rings. The second-order valence-corrected chi connectivity index (χ2v) is 6.95. The number of fused-ring (bicyclic) bond motifs is 1. The molecule has 6 heteroatoms. The van der Waals surface area contributed by atoms with Gasteiger partial charge in [0, 0.05) is 29.7 Å². The lowest BCUT2D eigenvalue weighted by molar-refractivity contribution is -0.130. The third-order valence-electron chi connectivity index (χ3n) is 4.34. The van der Waals surface area contributed by atoms with Gasteiger partial charge in [0.15, 0.2) is 0 Å². The highest BCUT2D eigenvalue weighted by atomic mass is 35.5. The lowest BCUT2D eigenvalue weighted by Crippen LogP contribution is -2.35. The molecule has 134 valence electrons. The topological polar surface area (TPSA) is 49.4 Å². The maximum Gasteiger partial charge on any atom is 0.223 e. The molecular weight excluding hydrogens is 371 g/mol. The number of nitrogens with zero attached hydrogens (tertiary/aromatic N) is 1. The monoisotopic (exact) mass is 388 g/mol. The van der Waals surface area contributed by atoms with Gasteiger partial charge in [0.2, 0.25) is 11.8 Å². The van der Waals surface area contributed by atoms with E-state index in [0.29, 0.717) is 16.6 Å². The van der Waals surface area contributed by atoms with Gasteiger partial charge in [0.1, 0.15) is 0 Å². The zero-order chi connectivity index (χ0) is 18.7. The molecule has 26 heavy (non-hydrogen) atoms. The normalized spacial score (nSPS) is 15.5. The van der Waals surface area contributed by atoms with E-state index in [9.17, 15) is 9.59 Å². The predicted octanol–water partition coefficient (Wildman–Crippen LogP) is 4.57. The van der Waals surface area contributed by atoms with Crippen LogP contribution in [0.4, 0.5) is 0 Å². The van der Waals surface area contributed by atoms with Crippen molar-refractivity contribution in [2.75, 3.05) is 0 Å². The Hall–Kier alpha value is -2.30. The fourth-order valence-corrected chi connectivity index (χ4v) is 3.50. The quantitative estimate of drug-likeness (QED) is 0.833. The molecule has 1 aliphatic heterocycles. The summed E-state index contributed by atoms with van der Waals surface area (Å²) in [5, 5.41) is 3.93. The summed E-state index contributed by atoms with van der Waals surface area (Å²) in [6.45, 7) is 1.80.